The average molecular weight is 410 g/mol. The summed E-state index contributed by atoms with van der Waals surface area (Å²) in [5, 5.41) is 3.40. The molecular formula is C16H21F3N2O3S2. The van der Waals surface area contributed by atoms with Crippen LogP contribution in [0.5, 0.6) is 0 Å². The number of hydrogen-bond donors (Lipinski definition) is 0. The van der Waals surface area contributed by atoms with E-state index in [1.165, 1.54) is 16.4 Å². The molecule has 0 N–H and O–H groups in total. The van der Waals surface area contributed by atoms with Gasteiger partial charge in [-0.1, -0.05) is 32.9 Å². The van der Waals surface area contributed by atoms with Gasteiger partial charge in [-0.2, -0.15) is 17.5 Å². The van der Waals surface area contributed by atoms with Gasteiger partial charge in [-0.3, -0.25) is 0 Å². The Balaban J connectivity index is 2.32. The number of alkyl halides is 3. The van der Waals surface area contributed by atoms with E-state index in [1.54, 1.807) is 0 Å². The number of sulfonamides is 1. The predicted octanol–water partition coefficient (Wildman–Crippen LogP) is 4.72. The normalized spacial score (nSPS) is 13.3. The van der Waals surface area contributed by atoms with E-state index in [1.807, 2.05) is 27.7 Å². The standard InChI is InChI=1S/C16H21F3N2O3S2/c1-10(2)8-21(9-11(3)4)26(22,23)15-6-5-13(25-15)12-7-14(24-20-12)16(17,18)19/h5-7,10-11H,8-9H2,1-4H3. The van der Waals surface area contributed by atoms with Crippen molar-refractivity contribution in [3.63, 3.8) is 0 Å². The molecule has 0 atom stereocenters. The Morgan fingerprint density at radius 3 is 2.19 bits per heavy atom. The fraction of sp³-hybridized carbons (Fsp3) is 0.562. The molecule has 0 fully saturated rings. The summed E-state index contributed by atoms with van der Waals surface area (Å²) in [5.41, 5.74) is -0.0388. The molecule has 0 saturated carbocycles. The van der Waals surface area contributed by atoms with Crippen molar-refractivity contribution in [1.29, 1.82) is 0 Å². The molecule has 0 saturated heterocycles. The van der Waals surface area contributed by atoms with Gasteiger partial charge in [-0.05, 0) is 24.0 Å². The van der Waals surface area contributed by atoms with Crippen LogP contribution in [0.3, 0.4) is 0 Å². The molecule has 2 aromatic rings. The summed E-state index contributed by atoms with van der Waals surface area (Å²) in [5.74, 6) is -0.924. The molecule has 0 amide bonds. The van der Waals surface area contributed by atoms with Crippen molar-refractivity contribution in [1.82, 2.24) is 9.46 Å². The fourth-order valence-corrected chi connectivity index (χ4v) is 5.51. The van der Waals surface area contributed by atoms with Crippen LogP contribution in [0.15, 0.2) is 26.9 Å². The SMILES string of the molecule is CC(C)CN(CC(C)C)S(=O)(=O)c1ccc(-c2cc(C(F)(F)F)on2)s1. The Morgan fingerprint density at radius 1 is 1.15 bits per heavy atom. The van der Waals surface area contributed by atoms with Crippen LogP contribution in [0.4, 0.5) is 13.2 Å². The third-order valence-electron chi connectivity index (χ3n) is 3.36. The van der Waals surface area contributed by atoms with E-state index in [2.05, 4.69) is 9.68 Å². The van der Waals surface area contributed by atoms with Crippen molar-refractivity contribution >= 4 is 21.4 Å². The maximum absolute atomic E-state index is 12.9. The molecule has 0 bridgehead atoms. The molecule has 0 aliphatic heterocycles. The monoisotopic (exact) mass is 410 g/mol. The first kappa shape index (κ1) is 20.9. The molecule has 2 rings (SSSR count). The molecule has 0 spiro atoms. The number of hydrogen-bond acceptors (Lipinski definition) is 5. The van der Waals surface area contributed by atoms with E-state index in [4.69, 9.17) is 0 Å². The largest absolute Gasteiger partial charge is 0.452 e. The minimum atomic E-state index is -4.64. The summed E-state index contributed by atoms with van der Waals surface area (Å²) < 4.78 is 69.5. The topological polar surface area (TPSA) is 63.4 Å². The maximum Gasteiger partial charge on any atom is 0.452 e. The van der Waals surface area contributed by atoms with Gasteiger partial charge in [0.25, 0.3) is 10.0 Å². The van der Waals surface area contributed by atoms with Crippen LogP contribution in [0, 0.1) is 11.8 Å². The highest BCUT2D eigenvalue weighted by Gasteiger charge is 2.36. The summed E-state index contributed by atoms with van der Waals surface area (Å²) >= 11 is 0.880. The van der Waals surface area contributed by atoms with Crippen LogP contribution < -0.4 is 0 Å². The molecule has 2 heterocycles. The van der Waals surface area contributed by atoms with E-state index in [0.717, 1.165) is 17.4 Å². The molecule has 10 heteroatoms. The number of rotatable bonds is 7. The minimum absolute atomic E-state index is 0.0388. The predicted molar refractivity (Wildman–Crippen MR) is 93.3 cm³/mol. The lowest BCUT2D eigenvalue weighted by Crippen LogP contribution is -2.36. The number of halogens is 3. The van der Waals surface area contributed by atoms with Crippen LogP contribution in [0.1, 0.15) is 33.5 Å². The summed E-state index contributed by atoms with van der Waals surface area (Å²) in [4.78, 5) is 0.303. The van der Waals surface area contributed by atoms with Gasteiger partial charge in [0.1, 0.15) is 9.90 Å². The van der Waals surface area contributed by atoms with Gasteiger partial charge in [-0.15, -0.1) is 11.3 Å². The summed E-state index contributed by atoms with van der Waals surface area (Å²) in [6.45, 7) is 8.45. The number of thiophene rings is 1. The Kier molecular flexibility index (Phi) is 6.19. The Morgan fingerprint density at radius 2 is 1.73 bits per heavy atom. The molecule has 0 aromatic carbocycles. The molecule has 0 aliphatic rings. The van der Waals surface area contributed by atoms with Crippen molar-refractivity contribution in [3.05, 3.63) is 24.0 Å². The lowest BCUT2D eigenvalue weighted by atomic mass is 10.2. The molecule has 26 heavy (non-hydrogen) atoms. The summed E-state index contributed by atoms with van der Waals surface area (Å²) in [6.07, 6.45) is -4.64. The first-order valence-corrected chi connectivity index (χ1v) is 10.3. The maximum atomic E-state index is 12.9. The fourth-order valence-electron chi connectivity index (χ4n) is 2.33. The number of aromatic nitrogens is 1. The van der Waals surface area contributed by atoms with E-state index in [0.29, 0.717) is 18.0 Å². The lowest BCUT2D eigenvalue weighted by molar-refractivity contribution is -0.155. The molecule has 0 unspecified atom stereocenters. The minimum Gasteiger partial charge on any atom is -0.351 e. The van der Waals surface area contributed by atoms with Crippen molar-refractivity contribution in [2.75, 3.05) is 13.1 Å². The lowest BCUT2D eigenvalue weighted by Gasteiger charge is -2.24. The smallest absolute Gasteiger partial charge is 0.351 e. The molecule has 5 nitrogen and oxygen atoms in total. The Bertz CT molecular complexity index is 829. The van der Waals surface area contributed by atoms with Crippen LogP contribution >= 0.6 is 11.3 Å². The second-order valence-corrected chi connectivity index (χ2v) is 10.1. The second-order valence-electron chi connectivity index (χ2n) is 6.80. The molecule has 0 aliphatic carbocycles. The highest BCUT2D eigenvalue weighted by Crippen LogP contribution is 2.36. The molecule has 2 aromatic heterocycles. The van der Waals surface area contributed by atoms with Gasteiger partial charge in [0.2, 0.25) is 5.76 Å². The Labute approximate surface area is 154 Å². The van der Waals surface area contributed by atoms with Crippen LogP contribution in [0.2, 0.25) is 0 Å². The van der Waals surface area contributed by atoms with Gasteiger partial charge in [0.05, 0.1) is 4.88 Å². The van der Waals surface area contributed by atoms with Gasteiger partial charge in [0, 0.05) is 19.2 Å². The van der Waals surface area contributed by atoms with E-state index >= 15 is 0 Å². The molecule has 0 radical (unpaired) electrons. The van der Waals surface area contributed by atoms with Gasteiger partial charge < -0.3 is 4.52 Å². The van der Waals surface area contributed by atoms with Gasteiger partial charge in [0.15, 0.2) is 0 Å². The van der Waals surface area contributed by atoms with E-state index < -0.39 is 22.0 Å². The summed E-state index contributed by atoms with van der Waals surface area (Å²) in [6, 6.07) is 3.60. The average Bonchev–Trinajstić information content (AvgIpc) is 3.14. The van der Waals surface area contributed by atoms with Crippen LogP contribution in [-0.4, -0.2) is 31.0 Å². The second kappa shape index (κ2) is 7.69. The van der Waals surface area contributed by atoms with Gasteiger partial charge in [-0.25, -0.2) is 8.42 Å². The van der Waals surface area contributed by atoms with Crippen molar-refractivity contribution in [3.8, 4) is 10.6 Å². The zero-order chi connectivity index (χ0) is 19.7. The third-order valence-corrected chi connectivity index (χ3v) is 6.76. The molecular weight excluding hydrogens is 389 g/mol. The van der Waals surface area contributed by atoms with E-state index in [-0.39, 0.29) is 21.7 Å². The first-order valence-electron chi connectivity index (χ1n) is 8.05. The quantitative estimate of drug-likeness (QED) is 0.662. The van der Waals surface area contributed by atoms with Crippen molar-refractivity contribution in [2.45, 2.75) is 38.1 Å². The molecule has 146 valence electrons. The number of nitrogens with zero attached hydrogens (tertiary/aromatic N) is 2. The first-order chi connectivity index (χ1) is 11.9. The van der Waals surface area contributed by atoms with E-state index in [9.17, 15) is 21.6 Å². The van der Waals surface area contributed by atoms with Gasteiger partial charge >= 0.3 is 6.18 Å². The summed E-state index contributed by atoms with van der Waals surface area (Å²) in [7, 11) is -3.73. The van der Waals surface area contributed by atoms with Crippen molar-refractivity contribution < 1.29 is 26.1 Å². The zero-order valence-electron chi connectivity index (χ0n) is 14.9. The van der Waals surface area contributed by atoms with Crippen molar-refractivity contribution in [2.24, 2.45) is 11.8 Å². The van der Waals surface area contributed by atoms with Crippen LogP contribution in [0.25, 0.3) is 10.6 Å². The zero-order valence-corrected chi connectivity index (χ0v) is 16.5. The highest BCUT2D eigenvalue weighted by atomic mass is 32.2. The third kappa shape index (κ3) is 4.86. The Hall–Kier alpha value is -1.39. The van der Waals surface area contributed by atoms with Crippen LogP contribution in [-0.2, 0) is 16.2 Å². The highest BCUT2D eigenvalue weighted by molar-refractivity contribution is 7.91.